The molecule has 13 heteroatoms. The van der Waals surface area contributed by atoms with E-state index in [4.69, 9.17) is 23.9 Å². The third-order valence-electron chi connectivity index (χ3n) is 13.1. The Kier molecular flexibility index (Phi) is 10.7. The first kappa shape index (κ1) is 38.9. The molecule has 3 fully saturated rings. The largest absolute Gasteiger partial charge is 0.493 e. The molecule has 310 valence electrons. The normalized spacial score (nSPS) is 21.5. The summed E-state index contributed by atoms with van der Waals surface area (Å²) in [4.78, 5) is 49.6. The second-order valence-electron chi connectivity index (χ2n) is 16.8. The number of carbonyl (C=O) groups excluding carboxylic acids is 3. The molecule has 5 heterocycles. The van der Waals surface area contributed by atoms with Crippen LogP contribution in [0.4, 0.5) is 11.4 Å². The Morgan fingerprint density at radius 1 is 0.881 bits per heavy atom. The lowest BCUT2D eigenvalue weighted by Gasteiger charge is -2.32. The topological polar surface area (TPSA) is 142 Å². The highest BCUT2D eigenvalue weighted by molar-refractivity contribution is 6.04. The maximum Gasteiger partial charge on any atom is 0.260 e. The van der Waals surface area contributed by atoms with Crippen LogP contribution < -0.4 is 24.3 Å². The van der Waals surface area contributed by atoms with Crippen molar-refractivity contribution in [2.45, 2.75) is 75.8 Å². The monoisotopic (exact) mass is 803 g/mol. The Morgan fingerprint density at radius 2 is 1.58 bits per heavy atom. The molecule has 0 bridgehead atoms. The average Bonchev–Trinajstić information content (AvgIpc) is 3.80. The molecule has 3 aromatic carbocycles. The van der Waals surface area contributed by atoms with Crippen LogP contribution in [-0.4, -0.2) is 116 Å². The van der Waals surface area contributed by atoms with Crippen molar-refractivity contribution >= 4 is 40.9 Å². The second-order valence-corrected chi connectivity index (χ2v) is 16.8. The number of methoxy groups -OCH3 is 2. The van der Waals surface area contributed by atoms with Gasteiger partial charge < -0.3 is 44.1 Å². The maximum absolute atomic E-state index is 14.0. The van der Waals surface area contributed by atoms with Gasteiger partial charge in [0, 0.05) is 50.7 Å². The Labute approximate surface area is 344 Å². The van der Waals surface area contributed by atoms with Crippen LogP contribution in [0.1, 0.15) is 95.5 Å². The predicted octanol–water partition coefficient (Wildman–Crippen LogP) is 6.42. The zero-order valence-corrected chi connectivity index (χ0v) is 33.9. The molecule has 1 aliphatic carbocycles. The summed E-state index contributed by atoms with van der Waals surface area (Å²) in [7, 11) is 3.18. The molecule has 2 N–H and O–H groups in total. The van der Waals surface area contributed by atoms with Crippen molar-refractivity contribution in [3.05, 3.63) is 77.0 Å². The van der Waals surface area contributed by atoms with E-state index in [-0.39, 0.29) is 29.8 Å². The minimum atomic E-state index is -0.434. The highest BCUT2D eigenvalue weighted by Crippen LogP contribution is 2.55. The molecule has 59 heavy (non-hydrogen) atoms. The lowest BCUT2D eigenvalue weighted by atomic mass is 9.88. The number of hydrogen-bond donors (Lipinski definition) is 2. The van der Waals surface area contributed by atoms with Gasteiger partial charge in [-0.1, -0.05) is 24.3 Å². The summed E-state index contributed by atoms with van der Waals surface area (Å²) in [6.45, 7) is 3.25. The van der Waals surface area contributed by atoms with Crippen molar-refractivity contribution in [2.24, 2.45) is 10.4 Å². The van der Waals surface area contributed by atoms with Crippen LogP contribution in [0.15, 0.2) is 59.7 Å². The molecule has 2 atom stereocenters. The van der Waals surface area contributed by atoms with Gasteiger partial charge in [0.15, 0.2) is 23.0 Å². The second kappa shape index (κ2) is 16.2. The summed E-state index contributed by atoms with van der Waals surface area (Å²) < 4.78 is 23.7. The van der Waals surface area contributed by atoms with Gasteiger partial charge >= 0.3 is 0 Å². The van der Waals surface area contributed by atoms with Gasteiger partial charge in [-0.3, -0.25) is 19.4 Å². The molecular formula is C46H53N5O8. The van der Waals surface area contributed by atoms with E-state index < -0.39 is 6.61 Å². The number of aliphatic hydroxyl groups excluding tert-OH is 1. The van der Waals surface area contributed by atoms with Gasteiger partial charge in [0.25, 0.3) is 11.8 Å². The van der Waals surface area contributed by atoms with E-state index in [0.29, 0.717) is 84.0 Å². The summed E-state index contributed by atoms with van der Waals surface area (Å²) in [6.07, 6.45) is 12.3. The Morgan fingerprint density at radius 3 is 2.25 bits per heavy atom. The van der Waals surface area contributed by atoms with E-state index in [1.807, 2.05) is 34.3 Å². The number of unbranched alkanes of at least 4 members (excludes halogenated alkanes) is 2. The quantitative estimate of drug-likeness (QED) is 0.187. The van der Waals surface area contributed by atoms with Gasteiger partial charge in [0.2, 0.25) is 5.91 Å². The number of hydrogen-bond acceptors (Lipinski definition) is 10. The molecular weight excluding hydrogens is 751 g/mol. The highest BCUT2D eigenvalue weighted by atomic mass is 16.5. The van der Waals surface area contributed by atoms with E-state index in [1.165, 1.54) is 18.4 Å². The first-order chi connectivity index (χ1) is 28.8. The summed E-state index contributed by atoms with van der Waals surface area (Å²) in [6, 6.07) is 15.9. The first-order valence-corrected chi connectivity index (χ1v) is 21.1. The van der Waals surface area contributed by atoms with E-state index >= 15 is 0 Å². The fraction of sp³-hybridized carbons (Fsp3) is 0.478. The lowest BCUT2D eigenvalue weighted by molar-refractivity contribution is -0.135. The number of amides is 3. The number of anilines is 1. The molecule has 2 saturated heterocycles. The number of rotatable bonds is 13. The van der Waals surface area contributed by atoms with Crippen molar-refractivity contribution in [2.75, 3.05) is 65.5 Å². The number of aliphatic imine (C=N–C) groups is 1. The number of piperidine rings is 1. The third kappa shape index (κ3) is 7.72. The zero-order valence-electron chi connectivity index (χ0n) is 33.9. The standard InChI is InChI=1S/C46H53N5O8/c1-56-39-19-35-37(47-24-33-18-32(26-50(33)44(35)54)30-8-6-29(7-9-30)31-10-14-49(15-11-31)43(53)27-52)21-41(39)58-16-4-3-5-17-59-42-22-38-36(20-40(42)57-2)45(55)51-28-46(12-13-46)23-34(51)25-48-38/h6-9,19-22,25-26,31,33-34,47,52H,3-5,10-18,23-24,27-28H2,1-2H3/t33-,34-/m0/s1. The highest BCUT2D eigenvalue weighted by Gasteiger charge is 2.53. The Bertz CT molecular complexity index is 2170. The molecule has 9 rings (SSSR count). The Balaban J connectivity index is 0.767. The Hall–Kier alpha value is -5.56. The van der Waals surface area contributed by atoms with Crippen LogP contribution in [0.3, 0.4) is 0 Å². The van der Waals surface area contributed by atoms with E-state index in [9.17, 15) is 19.5 Å². The van der Waals surface area contributed by atoms with Crippen LogP contribution in [0, 0.1) is 5.41 Å². The molecule has 0 radical (unpaired) electrons. The summed E-state index contributed by atoms with van der Waals surface area (Å²) in [5.74, 6) is 2.32. The van der Waals surface area contributed by atoms with E-state index in [1.54, 1.807) is 31.3 Å². The average molecular weight is 804 g/mol. The van der Waals surface area contributed by atoms with Crippen molar-refractivity contribution in [1.29, 1.82) is 0 Å². The first-order valence-electron chi connectivity index (χ1n) is 21.1. The van der Waals surface area contributed by atoms with Crippen LogP contribution in [-0.2, 0) is 4.79 Å². The van der Waals surface area contributed by atoms with Gasteiger partial charge in [-0.2, -0.15) is 0 Å². The third-order valence-corrected chi connectivity index (χ3v) is 13.1. The molecule has 5 aliphatic heterocycles. The molecule has 1 spiro atoms. The minimum Gasteiger partial charge on any atom is -0.493 e. The van der Waals surface area contributed by atoms with Gasteiger partial charge in [0.05, 0.1) is 62.0 Å². The van der Waals surface area contributed by atoms with Gasteiger partial charge in [-0.05, 0) is 98.0 Å². The molecule has 0 aromatic heterocycles. The molecule has 1 saturated carbocycles. The van der Waals surface area contributed by atoms with Gasteiger partial charge in [0.1, 0.15) is 6.61 Å². The van der Waals surface area contributed by atoms with Crippen molar-refractivity contribution in [3.8, 4) is 23.0 Å². The fourth-order valence-corrected chi connectivity index (χ4v) is 9.48. The van der Waals surface area contributed by atoms with Crippen molar-refractivity contribution < 1.29 is 38.4 Å². The number of benzene rings is 3. The van der Waals surface area contributed by atoms with E-state index in [0.717, 1.165) is 68.3 Å². The molecule has 3 aromatic rings. The predicted molar refractivity (Wildman–Crippen MR) is 223 cm³/mol. The van der Waals surface area contributed by atoms with Crippen molar-refractivity contribution in [3.63, 3.8) is 0 Å². The van der Waals surface area contributed by atoms with Crippen LogP contribution in [0.5, 0.6) is 23.0 Å². The van der Waals surface area contributed by atoms with Gasteiger partial charge in [-0.15, -0.1) is 0 Å². The summed E-state index contributed by atoms with van der Waals surface area (Å²) >= 11 is 0. The minimum absolute atomic E-state index is 0.0141. The molecule has 3 amide bonds. The summed E-state index contributed by atoms with van der Waals surface area (Å²) in [5.41, 5.74) is 6.23. The number of nitrogens with zero attached hydrogens (tertiary/aromatic N) is 4. The van der Waals surface area contributed by atoms with Crippen LogP contribution >= 0.6 is 0 Å². The number of likely N-dealkylation sites (tertiary alicyclic amines) is 1. The number of carbonyl (C=O) groups is 3. The van der Waals surface area contributed by atoms with Crippen LogP contribution in [0.25, 0.3) is 5.57 Å². The molecule has 0 unspecified atom stereocenters. The number of nitrogens with one attached hydrogen (secondary N) is 1. The number of fused-ring (bicyclic) bond motifs is 4. The van der Waals surface area contributed by atoms with Gasteiger partial charge in [-0.25, -0.2) is 0 Å². The molecule has 6 aliphatic rings. The SMILES string of the molecule is COc1cc2c(cc1OCCCCCOc1cc3c(cc1OC)C(=O)N1C=C(c4ccc(C5CCN(C(=O)CO)CC5)cc4)C[C@H]1CN3)N=C[C@@H]1CC3(CC3)CN1C2=O. The maximum atomic E-state index is 14.0. The number of ether oxygens (including phenoxy) is 4. The molecule has 13 nitrogen and oxygen atoms in total. The van der Waals surface area contributed by atoms with Crippen LogP contribution in [0.2, 0.25) is 0 Å². The number of aliphatic hydroxyl groups is 1. The summed E-state index contributed by atoms with van der Waals surface area (Å²) in [5, 5.41) is 12.7. The smallest absolute Gasteiger partial charge is 0.260 e. The van der Waals surface area contributed by atoms with Crippen molar-refractivity contribution in [1.82, 2.24) is 14.7 Å². The zero-order chi connectivity index (χ0) is 40.7. The van der Waals surface area contributed by atoms with E-state index in [2.05, 4.69) is 29.6 Å². The fourth-order valence-electron chi connectivity index (χ4n) is 9.48. The lowest BCUT2D eigenvalue weighted by Crippen LogP contribution is -2.39.